The van der Waals surface area contributed by atoms with E-state index in [1.54, 1.807) is 13.3 Å². The van der Waals surface area contributed by atoms with E-state index >= 15 is 0 Å². The first-order valence-electron chi connectivity index (χ1n) is 10.1. The van der Waals surface area contributed by atoms with Gasteiger partial charge in [-0.2, -0.15) is 0 Å². The first kappa shape index (κ1) is 17.4. The summed E-state index contributed by atoms with van der Waals surface area (Å²) in [4.78, 5) is 44.2. The summed E-state index contributed by atoms with van der Waals surface area (Å²) in [6.07, 6.45) is 4.83. The minimum Gasteiger partial charge on any atom is -0.331 e. The molecule has 7 heteroatoms. The number of carbonyl (C=O) groups is 3. The molecule has 3 aliphatic rings. The largest absolute Gasteiger partial charge is 0.331 e. The highest BCUT2D eigenvalue weighted by Crippen LogP contribution is 2.56. The first-order valence-corrected chi connectivity index (χ1v) is 10.1. The van der Waals surface area contributed by atoms with Gasteiger partial charge in [0.15, 0.2) is 0 Å². The molecular formula is C21H24N4O3. The van der Waals surface area contributed by atoms with E-state index in [4.69, 9.17) is 0 Å². The predicted molar refractivity (Wildman–Crippen MR) is 103 cm³/mol. The summed E-state index contributed by atoms with van der Waals surface area (Å²) < 4.78 is 2.03. The second-order valence-corrected chi connectivity index (χ2v) is 8.33. The Hall–Kier alpha value is -2.70. The lowest BCUT2D eigenvalue weighted by Gasteiger charge is -2.23. The van der Waals surface area contributed by atoms with Crippen molar-refractivity contribution in [1.29, 1.82) is 0 Å². The lowest BCUT2D eigenvalue weighted by Crippen LogP contribution is -2.46. The Morgan fingerprint density at radius 3 is 2.54 bits per heavy atom. The van der Waals surface area contributed by atoms with E-state index < -0.39 is 6.04 Å². The molecule has 2 aliphatic carbocycles. The molecule has 5 unspecified atom stereocenters. The van der Waals surface area contributed by atoms with Gasteiger partial charge in [0.1, 0.15) is 6.04 Å². The van der Waals surface area contributed by atoms with Crippen molar-refractivity contribution in [1.82, 2.24) is 14.5 Å². The molecule has 0 spiro atoms. The van der Waals surface area contributed by atoms with E-state index in [2.05, 4.69) is 10.3 Å². The van der Waals surface area contributed by atoms with Crippen molar-refractivity contribution in [2.45, 2.75) is 45.7 Å². The van der Waals surface area contributed by atoms with Gasteiger partial charge in [-0.1, -0.05) is 0 Å². The summed E-state index contributed by atoms with van der Waals surface area (Å²) in [6, 6.07) is 4.74. The smallest absolute Gasteiger partial charge is 0.247 e. The van der Waals surface area contributed by atoms with Crippen LogP contribution in [0.25, 0.3) is 11.0 Å². The normalized spacial score (nSPS) is 29.6. The summed E-state index contributed by atoms with van der Waals surface area (Å²) in [5.41, 5.74) is 2.42. The van der Waals surface area contributed by atoms with Crippen LogP contribution in [-0.4, -0.2) is 38.2 Å². The van der Waals surface area contributed by atoms with Gasteiger partial charge in [0, 0.05) is 12.2 Å². The third-order valence-electron chi connectivity index (χ3n) is 6.96. The van der Waals surface area contributed by atoms with Crippen molar-refractivity contribution in [2.75, 3.05) is 5.32 Å². The van der Waals surface area contributed by atoms with Crippen LogP contribution < -0.4 is 5.32 Å². The molecule has 5 rings (SSSR count). The summed E-state index contributed by atoms with van der Waals surface area (Å²) >= 11 is 0. The molecule has 7 nitrogen and oxygen atoms in total. The number of hydrogen-bond donors (Lipinski definition) is 1. The van der Waals surface area contributed by atoms with Crippen molar-refractivity contribution in [3.63, 3.8) is 0 Å². The fourth-order valence-corrected chi connectivity index (χ4v) is 5.57. The maximum absolute atomic E-state index is 12.9. The Bertz CT molecular complexity index is 969. The van der Waals surface area contributed by atoms with Crippen LogP contribution in [0.4, 0.5) is 5.69 Å². The van der Waals surface area contributed by atoms with Crippen molar-refractivity contribution < 1.29 is 14.4 Å². The number of likely N-dealkylation sites (tertiary alicyclic amines) is 1. The standard InChI is InChI=1S/C21H24N4O3/c1-3-24-10-22-15-9-14(6-7-16(15)24)23-19(26)11(2)25-20(27)17-12-4-5-13(8-12)18(17)21(25)28/h6-7,9-13,17-18H,3-5,8H2,1-2H3,(H,23,26). The molecule has 2 saturated carbocycles. The molecule has 5 atom stereocenters. The molecule has 1 N–H and O–H groups in total. The molecule has 3 amide bonds. The topological polar surface area (TPSA) is 84.3 Å². The van der Waals surface area contributed by atoms with Crippen LogP contribution in [0.5, 0.6) is 0 Å². The Balaban J connectivity index is 1.34. The number of nitrogens with one attached hydrogen (secondary N) is 1. The van der Waals surface area contributed by atoms with Gasteiger partial charge >= 0.3 is 0 Å². The van der Waals surface area contributed by atoms with E-state index in [0.29, 0.717) is 17.5 Å². The Kier molecular flexibility index (Phi) is 3.82. The Morgan fingerprint density at radius 1 is 1.21 bits per heavy atom. The summed E-state index contributed by atoms with van der Waals surface area (Å²) in [7, 11) is 0. The maximum atomic E-state index is 12.9. The number of hydrogen-bond acceptors (Lipinski definition) is 4. The van der Waals surface area contributed by atoms with Crippen LogP contribution in [0.3, 0.4) is 0 Å². The van der Waals surface area contributed by atoms with E-state index in [1.165, 1.54) is 4.90 Å². The highest BCUT2D eigenvalue weighted by atomic mass is 16.2. The second kappa shape index (κ2) is 6.15. The SMILES string of the molecule is CCn1cnc2cc(NC(=O)C(C)N3C(=O)C4C5CCC(C5)C4C3=O)ccc21. The molecule has 1 aromatic carbocycles. The Labute approximate surface area is 163 Å². The number of aromatic nitrogens is 2. The lowest BCUT2D eigenvalue weighted by molar-refractivity contribution is -0.146. The third kappa shape index (κ3) is 2.34. The van der Waals surface area contributed by atoms with Gasteiger partial charge in [0.05, 0.1) is 29.2 Å². The van der Waals surface area contributed by atoms with Gasteiger partial charge in [-0.3, -0.25) is 19.3 Å². The molecule has 28 heavy (non-hydrogen) atoms. The zero-order chi connectivity index (χ0) is 19.6. The molecular weight excluding hydrogens is 356 g/mol. The number of carbonyl (C=O) groups excluding carboxylic acids is 3. The molecule has 2 aromatic rings. The van der Waals surface area contributed by atoms with Crippen molar-refractivity contribution in [3.05, 3.63) is 24.5 Å². The van der Waals surface area contributed by atoms with Crippen LogP contribution in [0.15, 0.2) is 24.5 Å². The number of imide groups is 1. The van der Waals surface area contributed by atoms with Crippen molar-refractivity contribution >= 4 is 34.4 Å². The van der Waals surface area contributed by atoms with Crippen molar-refractivity contribution in [3.8, 4) is 0 Å². The zero-order valence-electron chi connectivity index (χ0n) is 16.1. The molecule has 1 aliphatic heterocycles. The molecule has 2 bridgehead atoms. The van der Waals surface area contributed by atoms with Gasteiger partial charge in [-0.25, -0.2) is 4.98 Å². The number of nitrogens with zero attached hydrogens (tertiary/aromatic N) is 3. The molecule has 3 fully saturated rings. The van der Waals surface area contributed by atoms with Crippen molar-refractivity contribution in [2.24, 2.45) is 23.7 Å². The molecule has 0 radical (unpaired) electrons. The third-order valence-corrected chi connectivity index (χ3v) is 6.96. The highest BCUT2D eigenvalue weighted by molar-refractivity contribution is 6.10. The van der Waals surface area contributed by atoms with Crippen LogP contribution in [0.1, 0.15) is 33.1 Å². The van der Waals surface area contributed by atoms with Crippen LogP contribution in [0, 0.1) is 23.7 Å². The van der Waals surface area contributed by atoms with Crippen LogP contribution in [-0.2, 0) is 20.9 Å². The molecule has 2 heterocycles. The maximum Gasteiger partial charge on any atom is 0.247 e. The number of benzene rings is 1. The van der Waals surface area contributed by atoms with Crippen LogP contribution in [0.2, 0.25) is 0 Å². The highest BCUT2D eigenvalue weighted by Gasteiger charge is 2.62. The van der Waals surface area contributed by atoms with Gasteiger partial charge in [-0.05, 0) is 63.1 Å². The first-order chi connectivity index (χ1) is 13.5. The quantitative estimate of drug-likeness (QED) is 0.826. The average Bonchev–Trinajstić information content (AvgIpc) is 3.44. The number of imidazole rings is 1. The number of fused-ring (bicyclic) bond motifs is 6. The number of rotatable bonds is 4. The fourth-order valence-electron chi connectivity index (χ4n) is 5.57. The molecule has 146 valence electrons. The van der Waals surface area contributed by atoms with Crippen LogP contribution >= 0.6 is 0 Å². The van der Waals surface area contributed by atoms with Gasteiger partial charge < -0.3 is 9.88 Å². The zero-order valence-corrected chi connectivity index (χ0v) is 16.1. The molecule has 1 saturated heterocycles. The van der Waals surface area contributed by atoms with Gasteiger partial charge in [0.2, 0.25) is 17.7 Å². The number of anilines is 1. The van der Waals surface area contributed by atoms with E-state index in [-0.39, 0.29) is 29.6 Å². The molecule has 1 aromatic heterocycles. The fraction of sp³-hybridized carbons (Fsp3) is 0.524. The minimum atomic E-state index is -0.811. The van der Waals surface area contributed by atoms with E-state index in [9.17, 15) is 14.4 Å². The Morgan fingerprint density at radius 2 is 1.89 bits per heavy atom. The number of amides is 3. The predicted octanol–water partition coefficient (Wildman–Crippen LogP) is 2.41. The summed E-state index contributed by atoms with van der Waals surface area (Å²) in [5.74, 6) is -0.399. The van der Waals surface area contributed by atoms with E-state index in [0.717, 1.165) is 36.8 Å². The average molecular weight is 380 g/mol. The monoisotopic (exact) mass is 380 g/mol. The summed E-state index contributed by atoms with van der Waals surface area (Å²) in [6.45, 7) is 4.51. The summed E-state index contributed by atoms with van der Waals surface area (Å²) in [5, 5.41) is 2.85. The van der Waals surface area contributed by atoms with E-state index in [1.807, 2.05) is 29.7 Å². The lowest BCUT2D eigenvalue weighted by atomic mass is 9.81. The van der Waals surface area contributed by atoms with Gasteiger partial charge in [0.25, 0.3) is 0 Å². The minimum absolute atomic E-state index is 0.151. The number of aryl methyl sites for hydroxylation is 1. The van der Waals surface area contributed by atoms with Gasteiger partial charge in [-0.15, -0.1) is 0 Å². The second-order valence-electron chi connectivity index (χ2n) is 8.33.